The Kier molecular flexibility index (Phi) is 3.47. The minimum absolute atomic E-state index is 0.00530. The Morgan fingerprint density at radius 3 is 2.59 bits per heavy atom. The van der Waals surface area contributed by atoms with Crippen LogP contribution in [-0.2, 0) is 13.5 Å². The first kappa shape index (κ1) is 14.0. The molecule has 3 aromatic rings. The van der Waals surface area contributed by atoms with Gasteiger partial charge in [-0.2, -0.15) is 0 Å². The third kappa shape index (κ3) is 2.26. The molecule has 0 aliphatic rings. The van der Waals surface area contributed by atoms with Crippen molar-refractivity contribution in [2.24, 2.45) is 7.05 Å². The SMILES string of the molecule is Cn1c(=O)c(C(=O)Cc2ccncc2)c([O-])c2ccccc21. The van der Waals surface area contributed by atoms with E-state index in [1.807, 2.05) is 0 Å². The number of hydrogen-bond donors (Lipinski definition) is 0. The van der Waals surface area contributed by atoms with Crippen molar-refractivity contribution in [2.45, 2.75) is 6.42 Å². The van der Waals surface area contributed by atoms with Gasteiger partial charge in [0.1, 0.15) is 0 Å². The molecular weight excluding hydrogens is 280 g/mol. The molecule has 5 heteroatoms. The van der Waals surface area contributed by atoms with Crippen LogP contribution >= 0.6 is 0 Å². The number of Topliss-reactive ketones (excluding diaryl/α,β-unsaturated/α-hetero) is 1. The monoisotopic (exact) mass is 293 g/mol. The van der Waals surface area contributed by atoms with Crippen LogP contribution < -0.4 is 10.7 Å². The lowest BCUT2D eigenvalue weighted by Crippen LogP contribution is -2.27. The van der Waals surface area contributed by atoms with E-state index in [1.54, 1.807) is 55.8 Å². The van der Waals surface area contributed by atoms with Gasteiger partial charge in [0.15, 0.2) is 5.78 Å². The van der Waals surface area contributed by atoms with E-state index in [9.17, 15) is 14.7 Å². The van der Waals surface area contributed by atoms with E-state index < -0.39 is 17.1 Å². The summed E-state index contributed by atoms with van der Waals surface area (Å²) < 4.78 is 1.34. The number of benzene rings is 1. The molecule has 0 aliphatic carbocycles. The first-order valence-corrected chi connectivity index (χ1v) is 6.80. The third-order valence-electron chi connectivity index (χ3n) is 3.65. The van der Waals surface area contributed by atoms with Crippen LogP contribution in [0.3, 0.4) is 0 Å². The molecule has 22 heavy (non-hydrogen) atoms. The van der Waals surface area contributed by atoms with Crippen molar-refractivity contribution in [3.63, 3.8) is 0 Å². The summed E-state index contributed by atoms with van der Waals surface area (Å²) in [6.45, 7) is 0. The number of carbonyl (C=O) groups is 1. The number of aryl methyl sites for hydroxylation is 1. The first-order valence-electron chi connectivity index (χ1n) is 6.80. The highest BCUT2D eigenvalue weighted by Crippen LogP contribution is 2.24. The van der Waals surface area contributed by atoms with Crippen LogP contribution in [-0.4, -0.2) is 15.3 Å². The highest BCUT2D eigenvalue weighted by Gasteiger charge is 2.16. The molecule has 2 heterocycles. The fourth-order valence-electron chi connectivity index (χ4n) is 2.49. The van der Waals surface area contributed by atoms with Gasteiger partial charge < -0.3 is 9.67 Å². The molecule has 0 aliphatic heterocycles. The van der Waals surface area contributed by atoms with Crippen LogP contribution in [0.4, 0.5) is 0 Å². The number of nitrogens with zero attached hydrogens (tertiary/aromatic N) is 2. The Hall–Kier alpha value is -2.95. The minimum Gasteiger partial charge on any atom is -0.871 e. The van der Waals surface area contributed by atoms with Crippen LogP contribution in [0.5, 0.6) is 5.75 Å². The van der Waals surface area contributed by atoms with Crippen molar-refractivity contribution < 1.29 is 9.90 Å². The van der Waals surface area contributed by atoms with Crippen molar-refractivity contribution in [3.8, 4) is 5.75 Å². The predicted octanol–water partition coefficient (Wildman–Crippen LogP) is 1.43. The van der Waals surface area contributed by atoms with Gasteiger partial charge in [0, 0.05) is 25.9 Å². The lowest BCUT2D eigenvalue weighted by Gasteiger charge is -2.18. The first-order chi connectivity index (χ1) is 10.6. The summed E-state index contributed by atoms with van der Waals surface area (Å²) in [7, 11) is 1.56. The second-order valence-corrected chi connectivity index (χ2v) is 5.04. The molecule has 0 spiro atoms. The fraction of sp³-hybridized carbons (Fsp3) is 0.118. The Morgan fingerprint density at radius 2 is 1.86 bits per heavy atom. The van der Waals surface area contributed by atoms with E-state index in [-0.39, 0.29) is 12.0 Å². The maximum Gasteiger partial charge on any atom is 0.261 e. The van der Waals surface area contributed by atoms with Gasteiger partial charge in [0.05, 0.1) is 11.1 Å². The Balaban J connectivity index is 2.15. The van der Waals surface area contributed by atoms with E-state index in [4.69, 9.17) is 0 Å². The summed E-state index contributed by atoms with van der Waals surface area (Å²) >= 11 is 0. The molecule has 0 amide bonds. The predicted molar refractivity (Wildman–Crippen MR) is 80.9 cm³/mol. The molecule has 0 radical (unpaired) electrons. The number of aromatic nitrogens is 2. The van der Waals surface area contributed by atoms with Gasteiger partial charge in [-0.1, -0.05) is 23.9 Å². The number of para-hydroxylation sites is 1. The van der Waals surface area contributed by atoms with Crippen molar-refractivity contribution >= 4 is 16.7 Å². The van der Waals surface area contributed by atoms with Gasteiger partial charge in [-0.3, -0.25) is 14.6 Å². The largest absolute Gasteiger partial charge is 0.871 e. The molecule has 0 N–H and O–H groups in total. The molecule has 0 atom stereocenters. The Bertz CT molecular complexity index is 914. The molecule has 0 saturated heterocycles. The van der Waals surface area contributed by atoms with Gasteiger partial charge in [-0.25, -0.2) is 0 Å². The number of carbonyl (C=O) groups excluding carboxylic acids is 1. The summed E-state index contributed by atoms with van der Waals surface area (Å²) in [6.07, 6.45) is 3.14. The van der Waals surface area contributed by atoms with Gasteiger partial charge >= 0.3 is 0 Å². The number of rotatable bonds is 3. The Labute approximate surface area is 126 Å². The average Bonchev–Trinajstić information content (AvgIpc) is 2.54. The van der Waals surface area contributed by atoms with Gasteiger partial charge in [0.2, 0.25) is 0 Å². The van der Waals surface area contributed by atoms with E-state index in [1.165, 1.54) is 4.57 Å². The zero-order valence-electron chi connectivity index (χ0n) is 11.9. The second-order valence-electron chi connectivity index (χ2n) is 5.04. The quantitative estimate of drug-likeness (QED) is 0.685. The van der Waals surface area contributed by atoms with Gasteiger partial charge in [0.25, 0.3) is 5.56 Å². The smallest absolute Gasteiger partial charge is 0.261 e. The summed E-state index contributed by atoms with van der Waals surface area (Å²) in [4.78, 5) is 28.7. The van der Waals surface area contributed by atoms with E-state index in [0.29, 0.717) is 10.9 Å². The van der Waals surface area contributed by atoms with Crippen molar-refractivity contribution in [2.75, 3.05) is 0 Å². The molecule has 0 saturated carbocycles. The standard InChI is InChI=1S/C17H14N2O3/c1-19-13-5-3-2-4-12(13)16(21)15(17(19)22)14(20)10-11-6-8-18-9-7-11/h2-9,21H,10H2,1H3/p-1. The highest BCUT2D eigenvalue weighted by atomic mass is 16.3. The van der Waals surface area contributed by atoms with E-state index >= 15 is 0 Å². The number of pyridine rings is 2. The Morgan fingerprint density at radius 1 is 1.18 bits per heavy atom. The van der Waals surface area contributed by atoms with E-state index in [0.717, 1.165) is 5.56 Å². The molecular formula is C17H13N2O3-. The number of ketones is 1. The normalized spacial score (nSPS) is 10.8. The van der Waals surface area contributed by atoms with E-state index in [2.05, 4.69) is 4.98 Å². The minimum atomic E-state index is -0.553. The van der Waals surface area contributed by atoms with Crippen LogP contribution in [0.1, 0.15) is 15.9 Å². The van der Waals surface area contributed by atoms with Gasteiger partial charge in [-0.05, 0) is 29.1 Å². The maximum atomic E-state index is 12.5. The van der Waals surface area contributed by atoms with Crippen LogP contribution in [0.2, 0.25) is 0 Å². The average molecular weight is 293 g/mol. The number of fused-ring (bicyclic) bond motifs is 1. The van der Waals surface area contributed by atoms with Crippen LogP contribution in [0.15, 0.2) is 53.6 Å². The highest BCUT2D eigenvalue weighted by molar-refractivity contribution is 6.04. The van der Waals surface area contributed by atoms with Gasteiger partial charge in [-0.15, -0.1) is 0 Å². The molecule has 0 fully saturated rings. The summed E-state index contributed by atoms with van der Waals surface area (Å²) in [5, 5.41) is 12.9. The summed E-state index contributed by atoms with van der Waals surface area (Å²) in [5.41, 5.74) is 0.411. The van der Waals surface area contributed by atoms with Crippen molar-refractivity contribution in [1.29, 1.82) is 0 Å². The van der Waals surface area contributed by atoms with Crippen LogP contribution in [0.25, 0.3) is 10.9 Å². The van der Waals surface area contributed by atoms with Crippen molar-refractivity contribution in [1.82, 2.24) is 9.55 Å². The fourth-order valence-corrected chi connectivity index (χ4v) is 2.49. The zero-order valence-corrected chi connectivity index (χ0v) is 11.9. The number of hydrogen-bond acceptors (Lipinski definition) is 4. The molecule has 5 nitrogen and oxygen atoms in total. The second kappa shape index (κ2) is 5.44. The zero-order chi connectivity index (χ0) is 15.7. The lowest BCUT2D eigenvalue weighted by molar-refractivity contribution is -0.266. The summed E-state index contributed by atoms with van der Waals surface area (Å²) in [5.74, 6) is -0.972. The molecule has 0 unspecified atom stereocenters. The maximum absolute atomic E-state index is 12.5. The third-order valence-corrected chi connectivity index (χ3v) is 3.65. The summed E-state index contributed by atoms with van der Waals surface area (Å²) in [6, 6.07) is 10.2. The van der Waals surface area contributed by atoms with Crippen molar-refractivity contribution in [3.05, 3.63) is 70.3 Å². The molecule has 1 aromatic carbocycles. The topological polar surface area (TPSA) is 75.0 Å². The molecule has 2 aromatic heterocycles. The van der Waals surface area contributed by atoms with Crippen LogP contribution in [0, 0.1) is 0 Å². The molecule has 3 rings (SSSR count). The lowest BCUT2D eigenvalue weighted by atomic mass is 10.0. The molecule has 110 valence electrons. The molecule has 0 bridgehead atoms.